The van der Waals surface area contributed by atoms with Crippen LogP contribution in [0.5, 0.6) is 0 Å². The summed E-state index contributed by atoms with van der Waals surface area (Å²) in [5, 5.41) is 10.5. The number of nitrogens with zero attached hydrogens (tertiary/aromatic N) is 3. The molecule has 0 saturated heterocycles. The minimum atomic E-state index is -0.234. The number of aryl methyl sites for hydroxylation is 1. The van der Waals surface area contributed by atoms with E-state index in [-0.39, 0.29) is 11.8 Å². The van der Waals surface area contributed by atoms with Gasteiger partial charge in [0, 0.05) is 18.2 Å². The Bertz CT molecular complexity index is 1070. The van der Waals surface area contributed by atoms with E-state index in [1.165, 1.54) is 0 Å². The van der Waals surface area contributed by atoms with Crippen LogP contribution in [0.4, 0.5) is 5.82 Å². The van der Waals surface area contributed by atoms with E-state index >= 15 is 0 Å². The number of aromatic nitrogens is 3. The van der Waals surface area contributed by atoms with Gasteiger partial charge in [-0.1, -0.05) is 31.5 Å². The minimum Gasteiger partial charge on any atom is -0.334 e. The Balaban J connectivity index is 1.52. The van der Waals surface area contributed by atoms with E-state index in [9.17, 15) is 9.59 Å². The van der Waals surface area contributed by atoms with Crippen molar-refractivity contribution in [2.24, 2.45) is 5.92 Å². The molecule has 4 rings (SSSR count). The molecule has 0 unspecified atom stereocenters. The highest BCUT2D eigenvalue weighted by Gasteiger charge is 2.34. The van der Waals surface area contributed by atoms with Gasteiger partial charge >= 0.3 is 0 Å². The van der Waals surface area contributed by atoms with Crippen molar-refractivity contribution in [1.82, 2.24) is 20.1 Å². The molecular weight excluding hydrogens is 378 g/mol. The molecule has 0 bridgehead atoms. The average Bonchev–Trinajstić information content (AvgIpc) is 3.46. The summed E-state index contributed by atoms with van der Waals surface area (Å²) in [4.78, 5) is 31.9. The van der Waals surface area contributed by atoms with Gasteiger partial charge in [0.25, 0.3) is 11.8 Å². The molecule has 30 heavy (non-hydrogen) atoms. The van der Waals surface area contributed by atoms with Gasteiger partial charge in [0.1, 0.15) is 11.5 Å². The summed E-state index contributed by atoms with van der Waals surface area (Å²) in [5.41, 5.74) is 2.53. The molecule has 2 heterocycles. The van der Waals surface area contributed by atoms with Crippen LogP contribution in [0, 0.1) is 12.8 Å². The number of carbonyl (C=O) groups excluding carboxylic acids is 2. The van der Waals surface area contributed by atoms with E-state index in [0.29, 0.717) is 40.1 Å². The number of hydrogen-bond acceptors (Lipinski definition) is 4. The summed E-state index contributed by atoms with van der Waals surface area (Å²) >= 11 is 0. The highest BCUT2D eigenvalue weighted by Crippen LogP contribution is 2.30. The van der Waals surface area contributed by atoms with Crippen LogP contribution in [-0.2, 0) is 0 Å². The van der Waals surface area contributed by atoms with E-state index in [1.54, 1.807) is 24.3 Å². The number of amides is 2. The zero-order valence-corrected chi connectivity index (χ0v) is 17.6. The van der Waals surface area contributed by atoms with Crippen molar-refractivity contribution in [1.29, 1.82) is 0 Å². The first kappa shape index (κ1) is 20.1. The molecule has 2 amide bonds. The van der Waals surface area contributed by atoms with Crippen LogP contribution in [0.15, 0.2) is 36.4 Å². The molecule has 2 N–H and O–H groups in total. The summed E-state index contributed by atoms with van der Waals surface area (Å²) in [6.07, 6.45) is 3.09. The maximum atomic E-state index is 13.1. The molecule has 156 valence electrons. The highest BCUT2D eigenvalue weighted by molar-refractivity contribution is 6.06. The van der Waals surface area contributed by atoms with Crippen LogP contribution in [0.2, 0.25) is 0 Å². The molecule has 0 aliphatic heterocycles. The van der Waals surface area contributed by atoms with Gasteiger partial charge in [-0.3, -0.25) is 14.7 Å². The summed E-state index contributed by atoms with van der Waals surface area (Å²) in [6, 6.07) is 11.2. The Hall–Kier alpha value is -3.22. The Morgan fingerprint density at radius 3 is 2.57 bits per heavy atom. The first-order valence-electron chi connectivity index (χ1n) is 10.5. The second-order valence-corrected chi connectivity index (χ2v) is 8.40. The molecule has 1 fully saturated rings. The molecule has 7 nitrogen and oxygen atoms in total. The molecule has 1 saturated carbocycles. The van der Waals surface area contributed by atoms with Gasteiger partial charge in [-0.25, -0.2) is 4.98 Å². The van der Waals surface area contributed by atoms with E-state index in [4.69, 9.17) is 0 Å². The summed E-state index contributed by atoms with van der Waals surface area (Å²) in [6.45, 7) is 7.05. The van der Waals surface area contributed by atoms with E-state index < -0.39 is 0 Å². The van der Waals surface area contributed by atoms with Crippen LogP contribution in [0.3, 0.4) is 0 Å². The first-order chi connectivity index (χ1) is 14.4. The SMILES string of the molecule is Cc1ccc(C(=O)Nc2ccc3c(C(=O)N(CCC(C)C)C4CC4)[nH]nc3n2)cc1. The van der Waals surface area contributed by atoms with Crippen molar-refractivity contribution in [3.8, 4) is 0 Å². The number of fused-ring (bicyclic) bond motifs is 1. The summed E-state index contributed by atoms with van der Waals surface area (Å²) in [7, 11) is 0. The van der Waals surface area contributed by atoms with Gasteiger partial charge in [0.05, 0.1) is 5.39 Å². The molecule has 1 aliphatic rings. The van der Waals surface area contributed by atoms with Crippen molar-refractivity contribution in [3.05, 3.63) is 53.2 Å². The van der Waals surface area contributed by atoms with Crippen LogP contribution in [0.25, 0.3) is 11.0 Å². The normalized spacial score (nSPS) is 13.6. The number of hydrogen-bond donors (Lipinski definition) is 2. The number of aromatic amines is 1. The molecule has 2 aromatic heterocycles. The van der Waals surface area contributed by atoms with Crippen LogP contribution < -0.4 is 5.32 Å². The smallest absolute Gasteiger partial charge is 0.272 e. The number of benzene rings is 1. The Morgan fingerprint density at radius 1 is 1.17 bits per heavy atom. The topological polar surface area (TPSA) is 91.0 Å². The lowest BCUT2D eigenvalue weighted by Gasteiger charge is -2.22. The summed E-state index contributed by atoms with van der Waals surface area (Å²) < 4.78 is 0. The van der Waals surface area contributed by atoms with Crippen LogP contribution in [0.1, 0.15) is 59.5 Å². The quantitative estimate of drug-likeness (QED) is 0.617. The first-order valence-corrected chi connectivity index (χ1v) is 10.5. The molecule has 7 heteroatoms. The fourth-order valence-corrected chi connectivity index (χ4v) is 3.40. The zero-order chi connectivity index (χ0) is 21.3. The maximum absolute atomic E-state index is 13.1. The molecule has 1 aliphatic carbocycles. The number of rotatable bonds is 7. The number of anilines is 1. The second kappa shape index (κ2) is 8.26. The average molecular weight is 406 g/mol. The van der Waals surface area contributed by atoms with Gasteiger partial charge < -0.3 is 10.2 Å². The fraction of sp³-hybridized carbons (Fsp3) is 0.391. The lowest BCUT2D eigenvalue weighted by Crippen LogP contribution is -2.35. The minimum absolute atomic E-state index is 0.0288. The van der Waals surface area contributed by atoms with Gasteiger partial charge in [0.2, 0.25) is 0 Å². The van der Waals surface area contributed by atoms with Crippen molar-refractivity contribution in [2.45, 2.75) is 46.1 Å². The van der Waals surface area contributed by atoms with Gasteiger partial charge in [-0.05, 0) is 56.4 Å². The number of pyridine rings is 1. The standard InChI is InChI=1S/C23H27N5O2/c1-14(2)12-13-28(17-8-9-17)23(30)20-18-10-11-19(24-21(18)27-26-20)25-22(29)16-6-4-15(3)5-7-16/h4-7,10-11,14,17H,8-9,12-13H2,1-3H3,(H2,24,25,26,27,29). The third-order valence-corrected chi connectivity index (χ3v) is 5.38. The van der Waals surface area contributed by atoms with E-state index in [0.717, 1.165) is 31.4 Å². The summed E-state index contributed by atoms with van der Waals surface area (Å²) in [5.74, 6) is 0.678. The Kier molecular flexibility index (Phi) is 5.53. The lowest BCUT2D eigenvalue weighted by molar-refractivity contribution is 0.0731. The number of carbonyl (C=O) groups is 2. The number of H-pyrrole nitrogens is 1. The Labute approximate surface area is 175 Å². The third-order valence-electron chi connectivity index (χ3n) is 5.38. The largest absolute Gasteiger partial charge is 0.334 e. The van der Waals surface area contributed by atoms with Crippen LogP contribution in [-0.4, -0.2) is 44.5 Å². The molecular formula is C23H27N5O2. The van der Waals surface area contributed by atoms with Crippen molar-refractivity contribution >= 4 is 28.7 Å². The second-order valence-electron chi connectivity index (χ2n) is 8.40. The maximum Gasteiger partial charge on any atom is 0.272 e. The monoisotopic (exact) mass is 405 g/mol. The third kappa shape index (κ3) is 4.35. The molecule has 0 radical (unpaired) electrons. The lowest BCUT2D eigenvalue weighted by atomic mass is 10.1. The van der Waals surface area contributed by atoms with E-state index in [2.05, 4.69) is 34.3 Å². The van der Waals surface area contributed by atoms with Crippen molar-refractivity contribution < 1.29 is 9.59 Å². The van der Waals surface area contributed by atoms with E-state index in [1.807, 2.05) is 24.0 Å². The molecule has 0 spiro atoms. The van der Waals surface area contributed by atoms with Crippen molar-refractivity contribution in [2.75, 3.05) is 11.9 Å². The van der Waals surface area contributed by atoms with Gasteiger partial charge in [-0.2, -0.15) is 5.10 Å². The number of nitrogens with one attached hydrogen (secondary N) is 2. The predicted molar refractivity (Wildman–Crippen MR) is 117 cm³/mol. The Morgan fingerprint density at radius 2 is 1.90 bits per heavy atom. The molecule has 0 atom stereocenters. The fourth-order valence-electron chi connectivity index (χ4n) is 3.40. The van der Waals surface area contributed by atoms with Crippen LogP contribution >= 0.6 is 0 Å². The zero-order valence-electron chi connectivity index (χ0n) is 17.6. The molecule has 3 aromatic rings. The molecule has 1 aromatic carbocycles. The predicted octanol–water partition coefficient (Wildman–Crippen LogP) is 4.17. The van der Waals surface area contributed by atoms with Crippen molar-refractivity contribution in [3.63, 3.8) is 0 Å². The highest BCUT2D eigenvalue weighted by atomic mass is 16.2. The van der Waals surface area contributed by atoms with Gasteiger partial charge in [-0.15, -0.1) is 0 Å². The van der Waals surface area contributed by atoms with Gasteiger partial charge in [0.15, 0.2) is 5.65 Å².